The summed E-state index contributed by atoms with van der Waals surface area (Å²) >= 11 is 0. The molecule has 0 aliphatic heterocycles. The summed E-state index contributed by atoms with van der Waals surface area (Å²) in [6.45, 7) is 2.12. The second kappa shape index (κ2) is 6.25. The van der Waals surface area contributed by atoms with Crippen LogP contribution in [0, 0.1) is 0 Å². The summed E-state index contributed by atoms with van der Waals surface area (Å²) in [7, 11) is 0. The molecular weight excluding hydrogens is 204 g/mol. The SMILES string of the molecule is CC[C@@H](N)[C@H](N)C(=O)OCc1ccccc1. The Balaban J connectivity index is 2.41. The summed E-state index contributed by atoms with van der Waals surface area (Å²) in [6.07, 6.45) is 0.654. The Bertz CT molecular complexity index is 327. The van der Waals surface area contributed by atoms with E-state index >= 15 is 0 Å². The van der Waals surface area contributed by atoms with E-state index in [0.29, 0.717) is 6.42 Å². The molecule has 88 valence electrons. The normalized spacial score (nSPS) is 14.2. The number of esters is 1. The molecule has 1 aromatic rings. The lowest BCUT2D eigenvalue weighted by Gasteiger charge is -2.16. The molecule has 0 aliphatic carbocycles. The molecule has 16 heavy (non-hydrogen) atoms. The van der Waals surface area contributed by atoms with Crippen LogP contribution in [0.4, 0.5) is 0 Å². The maximum Gasteiger partial charge on any atom is 0.324 e. The molecule has 0 spiro atoms. The van der Waals surface area contributed by atoms with Gasteiger partial charge in [0, 0.05) is 6.04 Å². The lowest BCUT2D eigenvalue weighted by Crippen LogP contribution is -2.47. The van der Waals surface area contributed by atoms with Crippen LogP contribution < -0.4 is 11.5 Å². The monoisotopic (exact) mass is 222 g/mol. The predicted octanol–water partition coefficient (Wildman–Crippen LogP) is 0.794. The molecule has 0 saturated carbocycles. The Hall–Kier alpha value is -1.39. The maximum atomic E-state index is 11.5. The first-order valence-electron chi connectivity index (χ1n) is 5.37. The number of carbonyl (C=O) groups excluding carboxylic acids is 1. The molecule has 4 heteroatoms. The minimum absolute atomic E-state index is 0.240. The molecular formula is C12H18N2O2. The van der Waals surface area contributed by atoms with E-state index in [9.17, 15) is 4.79 Å². The highest BCUT2D eigenvalue weighted by atomic mass is 16.5. The Morgan fingerprint density at radius 2 is 1.94 bits per heavy atom. The number of benzene rings is 1. The van der Waals surface area contributed by atoms with Crippen LogP contribution in [0.15, 0.2) is 30.3 Å². The topological polar surface area (TPSA) is 78.3 Å². The van der Waals surface area contributed by atoms with Gasteiger partial charge in [0.2, 0.25) is 0 Å². The van der Waals surface area contributed by atoms with E-state index < -0.39 is 12.0 Å². The van der Waals surface area contributed by atoms with Crippen LogP contribution in [0.25, 0.3) is 0 Å². The van der Waals surface area contributed by atoms with Crippen LogP contribution in [0.3, 0.4) is 0 Å². The summed E-state index contributed by atoms with van der Waals surface area (Å²) in [4.78, 5) is 11.5. The molecule has 0 radical (unpaired) electrons. The smallest absolute Gasteiger partial charge is 0.324 e. The van der Waals surface area contributed by atoms with E-state index in [1.807, 2.05) is 37.3 Å². The number of carbonyl (C=O) groups is 1. The number of rotatable bonds is 5. The van der Waals surface area contributed by atoms with Gasteiger partial charge in [-0.3, -0.25) is 4.79 Å². The van der Waals surface area contributed by atoms with E-state index in [1.54, 1.807) is 0 Å². The minimum atomic E-state index is -0.742. The molecule has 0 unspecified atom stereocenters. The van der Waals surface area contributed by atoms with Crippen molar-refractivity contribution in [2.45, 2.75) is 32.0 Å². The number of hydrogen-bond donors (Lipinski definition) is 2. The molecule has 0 aliphatic rings. The molecule has 0 heterocycles. The fourth-order valence-electron chi connectivity index (χ4n) is 1.25. The van der Waals surface area contributed by atoms with Crippen molar-refractivity contribution >= 4 is 5.97 Å². The molecule has 4 nitrogen and oxygen atoms in total. The molecule has 2 atom stereocenters. The van der Waals surface area contributed by atoms with Crippen LogP contribution in [-0.4, -0.2) is 18.1 Å². The van der Waals surface area contributed by atoms with Crippen molar-refractivity contribution in [3.8, 4) is 0 Å². The number of nitrogens with two attached hydrogens (primary N) is 2. The van der Waals surface area contributed by atoms with Gasteiger partial charge in [-0.1, -0.05) is 37.3 Å². The highest BCUT2D eigenvalue weighted by Gasteiger charge is 2.21. The molecule has 1 aromatic carbocycles. The second-order valence-corrected chi connectivity index (χ2v) is 3.69. The van der Waals surface area contributed by atoms with Gasteiger partial charge in [0.15, 0.2) is 0 Å². The van der Waals surface area contributed by atoms with Gasteiger partial charge >= 0.3 is 5.97 Å². The average Bonchev–Trinajstić information content (AvgIpc) is 2.35. The van der Waals surface area contributed by atoms with Crippen LogP contribution in [-0.2, 0) is 16.1 Å². The van der Waals surface area contributed by atoms with Crippen molar-refractivity contribution in [2.75, 3.05) is 0 Å². The Morgan fingerprint density at radius 1 is 1.31 bits per heavy atom. The molecule has 4 N–H and O–H groups in total. The maximum absolute atomic E-state index is 11.5. The Labute approximate surface area is 95.6 Å². The van der Waals surface area contributed by atoms with Crippen molar-refractivity contribution in [3.63, 3.8) is 0 Å². The first-order valence-corrected chi connectivity index (χ1v) is 5.37. The summed E-state index contributed by atoms with van der Waals surface area (Å²) in [5.41, 5.74) is 12.2. The van der Waals surface area contributed by atoms with Crippen LogP contribution >= 0.6 is 0 Å². The minimum Gasteiger partial charge on any atom is -0.460 e. The van der Waals surface area contributed by atoms with Crippen molar-refractivity contribution < 1.29 is 9.53 Å². The lowest BCUT2D eigenvalue weighted by atomic mass is 10.1. The highest BCUT2D eigenvalue weighted by molar-refractivity contribution is 5.76. The van der Waals surface area contributed by atoms with Crippen LogP contribution in [0.1, 0.15) is 18.9 Å². The predicted molar refractivity (Wildman–Crippen MR) is 62.5 cm³/mol. The molecule has 0 bridgehead atoms. The van der Waals surface area contributed by atoms with Gasteiger partial charge in [0.05, 0.1) is 0 Å². The fraction of sp³-hybridized carbons (Fsp3) is 0.417. The average molecular weight is 222 g/mol. The molecule has 0 fully saturated rings. The largest absolute Gasteiger partial charge is 0.460 e. The standard InChI is InChI=1S/C12H18N2O2/c1-2-10(13)11(14)12(15)16-8-9-6-4-3-5-7-9/h3-7,10-11H,2,8,13-14H2,1H3/t10-,11+/m1/s1. The van der Waals surface area contributed by atoms with E-state index in [1.165, 1.54) is 0 Å². The first-order chi connectivity index (χ1) is 7.65. The zero-order chi connectivity index (χ0) is 12.0. The summed E-state index contributed by atoms with van der Waals surface area (Å²) in [6, 6.07) is 8.38. The van der Waals surface area contributed by atoms with E-state index in [-0.39, 0.29) is 12.6 Å². The van der Waals surface area contributed by atoms with Crippen molar-refractivity contribution in [2.24, 2.45) is 11.5 Å². The molecule has 1 rings (SSSR count). The van der Waals surface area contributed by atoms with E-state index in [2.05, 4.69) is 0 Å². The first kappa shape index (κ1) is 12.7. The van der Waals surface area contributed by atoms with Crippen molar-refractivity contribution in [1.29, 1.82) is 0 Å². The number of hydrogen-bond acceptors (Lipinski definition) is 4. The fourth-order valence-corrected chi connectivity index (χ4v) is 1.25. The van der Waals surface area contributed by atoms with Crippen molar-refractivity contribution in [3.05, 3.63) is 35.9 Å². The summed E-state index contributed by atoms with van der Waals surface area (Å²) in [5, 5.41) is 0. The van der Waals surface area contributed by atoms with Gasteiger partial charge in [0.25, 0.3) is 0 Å². The van der Waals surface area contributed by atoms with Gasteiger partial charge in [-0.25, -0.2) is 0 Å². The van der Waals surface area contributed by atoms with Crippen LogP contribution in [0.5, 0.6) is 0 Å². The summed E-state index contributed by atoms with van der Waals surface area (Å²) < 4.78 is 5.07. The molecule has 0 aromatic heterocycles. The number of ether oxygens (including phenoxy) is 1. The van der Waals surface area contributed by atoms with E-state index in [4.69, 9.17) is 16.2 Å². The van der Waals surface area contributed by atoms with Gasteiger partial charge in [0.1, 0.15) is 12.6 Å². The van der Waals surface area contributed by atoms with Gasteiger partial charge in [-0.15, -0.1) is 0 Å². The Morgan fingerprint density at radius 3 is 2.50 bits per heavy atom. The quantitative estimate of drug-likeness (QED) is 0.722. The van der Waals surface area contributed by atoms with Gasteiger partial charge in [-0.2, -0.15) is 0 Å². The Kier molecular flexibility index (Phi) is 4.95. The highest BCUT2D eigenvalue weighted by Crippen LogP contribution is 2.03. The lowest BCUT2D eigenvalue weighted by molar-refractivity contribution is -0.147. The van der Waals surface area contributed by atoms with Gasteiger partial charge < -0.3 is 16.2 Å². The van der Waals surface area contributed by atoms with E-state index in [0.717, 1.165) is 5.56 Å². The third-order valence-electron chi connectivity index (χ3n) is 2.43. The van der Waals surface area contributed by atoms with Crippen LogP contribution in [0.2, 0.25) is 0 Å². The zero-order valence-electron chi connectivity index (χ0n) is 9.43. The second-order valence-electron chi connectivity index (χ2n) is 3.69. The zero-order valence-corrected chi connectivity index (χ0v) is 9.43. The molecule has 0 amide bonds. The summed E-state index contributed by atoms with van der Waals surface area (Å²) in [5.74, 6) is -0.446. The third-order valence-corrected chi connectivity index (χ3v) is 2.43. The van der Waals surface area contributed by atoms with Crippen molar-refractivity contribution in [1.82, 2.24) is 0 Å². The third kappa shape index (κ3) is 3.64. The molecule has 0 saturated heterocycles. The van der Waals surface area contributed by atoms with Gasteiger partial charge in [-0.05, 0) is 12.0 Å².